The Labute approximate surface area is 376 Å². The summed E-state index contributed by atoms with van der Waals surface area (Å²) < 4.78 is 71.9. The molecule has 0 fully saturated rings. The molecule has 0 spiro atoms. The number of fused-ring (bicyclic) bond motifs is 2. The highest BCUT2D eigenvalue weighted by Gasteiger charge is 2.26. The molecule has 3 aromatic heterocycles. The molecular formula is C34H40Cl3FN9O11PS3. The number of rotatable bonds is 13. The highest BCUT2D eigenvalue weighted by atomic mass is 35.5. The first-order valence-electron chi connectivity index (χ1n) is 17.7. The number of aromatic nitrogens is 6. The van der Waals surface area contributed by atoms with Gasteiger partial charge in [-0.1, -0.05) is 40.9 Å². The molecule has 0 bridgehead atoms. The van der Waals surface area contributed by atoms with Crippen LogP contribution in [-0.2, 0) is 42.0 Å². The number of carbonyl (C=O) groups excluding carboxylic acids is 1. The smallest absolute Gasteiger partial charge is 0.325 e. The van der Waals surface area contributed by atoms with Crippen molar-refractivity contribution in [3.63, 3.8) is 0 Å². The number of thioether (sulfide) groups is 1. The molecule has 4 heterocycles. The number of carboxylic acids is 1. The van der Waals surface area contributed by atoms with E-state index in [1.165, 1.54) is 46.2 Å². The topological polar surface area (TPSA) is 274 Å². The van der Waals surface area contributed by atoms with E-state index in [1.54, 1.807) is 22.4 Å². The second-order valence-corrected chi connectivity index (χ2v) is 20.2. The van der Waals surface area contributed by atoms with E-state index in [1.807, 2.05) is 0 Å². The number of carboxylic acid groups (broad SMARTS) is 1. The number of carbonyl (C=O) groups is 2. The molecule has 1 aliphatic heterocycles. The summed E-state index contributed by atoms with van der Waals surface area (Å²) in [6.07, 6.45) is 1.90. The fourth-order valence-electron chi connectivity index (χ4n) is 5.03. The number of ether oxygens (including phenoxy) is 3. The van der Waals surface area contributed by atoms with Crippen molar-refractivity contribution in [2.45, 2.75) is 55.4 Å². The van der Waals surface area contributed by atoms with E-state index in [0.717, 1.165) is 46.5 Å². The molecule has 6 rings (SSSR count). The van der Waals surface area contributed by atoms with Crippen molar-refractivity contribution < 1.29 is 51.2 Å². The van der Waals surface area contributed by atoms with Crippen LogP contribution in [0.25, 0.3) is 5.78 Å². The quantitative estimate of drug-likeness (QED) is 0.0683. The highest BCUT2D eigenvalue weighted by Crippen LogP contribution is 2.36. The van der Waals surface area contributed by atoms with Crippen molar-refractivity contribution in [2.24, 2.45) is 10.7 Å². The van der Waals surface area contributed by atoms with Gasteiger partial charge < -0.3 is 29.9 Å². The number of benzene rings is 2. The third-order valence-electron chi connectivity index (χ3n) is 8.27. The number of nitrogens with zero attached hydrogens (tertiary/aromatic N) is 7. The lowest BCUT2D eigenvalue weighted by Crippen LogP contribution is -2.31. The van der Waals surface area contributed by atoms with Gasteiger partial charge in [0.15, 0.2) is 7.37 Å². The SMILES string of the molecule is COC(=O)CSc1cc(/N=c2\sc(=O)n3n2CCCC3)c(F)cc1Cl.COc1cc(OC)n2nc(S(=O)(=O)Nc3c(Cl)ccc(C)c3Cl)nc2n1.CP(=O)(O)CCC(N)C(=O)O. The van der Waals surface area contributed by atoms with E-state index in [-0.39, 0.29) is 67.2 Å². The first-order valence-corrected chi connectivity index (χ1v) is 24.4. The van der Waals surface area contributed by atoms with Gasteiger partial charge in [-0.25, -0.2) is 14.1 Å². The fourth-order valence-corrected chi connectivity index (χ4v) is 9.32. The summed E-state index contributed by atoms with van der Waals surface area (Å²) in [7, 11) is -3.18. The van der Waals surface area contributed by atoms with Crippen LogP contribution < -0.4 is 29.6 Å². The predicted molar refractivity (Wildman–Crippen MR) is 232 cm³/mol. The van der Waals surface area contributed by atoms with Crippen LogP contribution in [-0.4, -0.2) is 105 Å². The van der Waals surface area contributed by atoms with E-state index in [9.17, 15) is 31.8 Å². The molecule has 2 unspecified atom stereocenters. The number of aryl methyl sites for hydroxylation is 1. The second-order valence-electron chi connectivity index (χ2n) is 12.9. The Hall–Kier alpha value is -4.26. The Kier molecular flexibility index (Phi) is 17.8. The van der Waals surface area contributed by atoms with Crippen LogP contribution in [0, 0.1) is 12.7 Å². The van der Waals surface area contributed by atoms with E-state index >= 15 is 0 Å². The molecule has 2 atom stereocenters. The van der Waals surface area contributed by atoms with Gasteiger partial charge in [-0.15, -0.1) is 16.9 Å². The lowest BCUT2D eigenvalue weighted by molar-refractivity contribution is -0.139. The second kappa shape index (κ2) is 21.9. The maximum Gasteiger partial charge on any atom is 0.325 e. The third-order valence-corrected chi connectivity index (χ3v) is 13.6. The van der Waals surface area contributed by atoms with Gasteiger partial charge in [0.1, 0.15) is 17.5 Å². The van der Waals surface area contributed by atoms with Crippen molar-refractivity contribution in [1.29, 1.82) is 0 Å². The normalized spacial score (nSPS) is 14.0. The van der Waals surface area contributed by atoms with Crippen LogP contribution in [0.15, 0.2) is 50.2 Å². The standard InChI is InChI=1S/C15H15ClFN3O3S2.C14H13Cl2N5O4S.C5H12NO4P/c1-23-13(21)8-24-12-7-11(10(17)6-9(12)16)18-14-19-4-2-3-5-20(19)15(22)25-14;1-7-4-5-8(15)12(11(7)16)20-26(22,23)14-18-13-17-9(24-2)6-10(25-3)21(13)19-14;1-11(9,10)3-2-4(6)5(7)8/h6-7H,2-5,8H2,1H3;4-6,20H,1-3H3;4H,2-3,6H2,1H3,(H,7,8)(H,9,10)/b18-14-;;. The summed E-state index contributed by atoms with van der Waals surface area (Å²) in [5.74, 6) is -1.68. The van der Waals surface area contributed by atoms with Gasteiger partial charge >= 0.3 is 16.8 Å². The maximum atomic E-state index is 14.3. The minimum absolute atomic E-state index is 0.0111. The van der Waals surface area contributed by atoms with Crippen molar-refractivity contribution in [3.05, 3.63) is 71.2 Å². The number of hydrogen-bond acceptors (Lipinski definition) is 16. The molecule has 28 heteroatoms. The number of nitrogens with one attached hydrogen (secondary N) is 1. The largest absolute Gasteiger partial charge is 0.481 e. The minimum atomic E-state index is -4.18. The van der Waals surface area contributed by atoms with Gasteiger partial charge in [-0.2, -0.15) is 22.9 Å². The highest BCUT2D eigenvalue weighted by molar-refractivity contribution is 8.00. The first kappa shape index (κ1) is 50.4. The molecule has 5 aromatic rings. The van der Waals surface area contributed by atoms with Gasteiger partial charge in [0.05, 0.1) is 53.9 Å². The molecule has 338 valence electrons. The molecule has 0 radical (unpaired) electrons. The summed E-state index contributed by atoms with van der Waals surface area (Å²) in [5, 5.41) is 12.2. The third kappa shape index (κ3) is 13.4. The molecule has 5 N–H and O–H groups in total. The summed E-state index contributed by atoms with van der Waals surface area (Å²) in [4.78, 5) is 55.3. The Morgan fingerprint density at radius 2 is 1.77 bits per heavy atom. The summed E-state index contributed by atoms with van der Waals surface area (Å²) in [6, 6.07) is 6.27. The van der Waals surface area contributed by atoms with Gasteiger partial charge in [-0.3, -0.25) is 28.4 Å². The van der Waals surface area contributed by atoms with Crippen molar-refractivity contribution >= 4 is 104 Å². The van der Waals surface area contributed by atoms with E-state index in [4.69, 9.17) is 60.0 Å². The Balaban J connectivity index is 0.000000221. The van der Waals surface area contributed by atoms with E-state index in [0.29, 0.717) is 28.3 Å². The number of nitrogens with two attached hydrogens (primary N) is 1. The van der Waals surface area contributed by atoms with Gasteiger partial charge in [0.2, 0.25) is 16.6 Å². The fraction of sp³-hybridized carbons (Fsp3) is 0.382. The van der Waals surface area contributed by atoms with Crippen LogP contribution in [0.4, 0.5) is 15.8 Å². The molecule has 1 aliphatic rings. The van der Waals surface area contributed by atoms with Gasteiger partial charge in [-0.05, 0) is 61.3 Å². The molecule has 0 saturated carbocycles. The maximum absolute atomic E-state index is 14.3. The number of anilines is 1. The zero-order valence-electron chi connectivity index (χ0n) is 33.4. The number of hydrogen-bond donors (Lipinski definition) is 4. The summed E-state index contributed by atoms with van der Waals surface area (Å²) in [5.41, 5.74) is 5.88. The number of esters is 1. The number of aliphatic carboxylic acids is 1. The van der Waals surface area contributed by atoms with Crippen molar-refractivity contribution in [2.75, 3.05) is 44.6 Å². The molecular weight excluding hydrogens is 963 g/mol. The lowest BCUT2D eigenvalue weighted by Gasteiger charge is -2.15. The van der Waals surface area contributed by atoms with Crippen LogP contribution in [0.5, 0.6) is 11.8 Å². The monoisotopic (exact) mass is 1000 g/mol. The zero-order valence-corrected chi connectivity index (χ0v) is 39.0. The Bertz CT molecular complexity index is 2750. The Morgan fingerprint density at radius 1 is 1.10 bits per heavy atom. The van der Waals surface area contributed by atoms with Crippen molar-refractivity contribution in [1.82, 2.24) is 28.9 Å². The predicted octanol–water partition coefficient (Wildman–Crippen LogP) is 5.04. The average Bonchev–Trinajstić information content (AvgIpc) is 3.81. The first-order chi connectivity index (χ1) is 29.1. The van der Waals surface area contributed by atoms with E-state index < -0.39 is 46.3 Å². The van der Waals surface area contributed by atoms with Crippen LogP contribution >= 0.6 is 65.3 Å². The number of sulfonamides is 1. The number of halogens is 4. The molecule has 0 saturated heterocycles. The van der Waals surface area contributed by atoms with Gasteiger partial charge in [0, 0.05) is 30.8 Å². The van der Waals surface area contributed by atoms with Crippen LogP contribution in [0.2, 0.25) is 15.1 Å². The van der Waals surface area contributed by atoms with Crippen LogP contribution in [0.3, 0.4) is 0 Å². The molecule has 2 aromatic carbocycles. The summed E-state index contributed by atoms with van der Waals surface area (Å²) >= 11 is 20.4. The molecule has 0 aliphatic carbocycles. The lowest BCUT2D eigenvalue weighted by atomic mass is 10.2. The average molecular weight is 1000 g/mol. The molecule has 0 amide bonds. The zero-order chi connectivity index (χ0) is 46.1. The van der Waals surface area contributed by atoms with Crippen LogP contribution in [0.1, 0.15) is 24.8 Å². The molecule has 62 heavy (non-hydrogen) atoms. The van der Waals surface area contributed by atoms with Crippen molar-refractivity contribution in [3.8, 4) is 11.8 Å². The molecule has 20 nitrogen and oxygen atoms in total. The Morgan fingerprint density at radius 3 is 2.39 bits per heavy atom. The van der Waals surface area contributed by atoms with Gasteiger partial charge in [0.25, 0.3) is 21.0 Å². The summed E-state index contributed by atoms with van der Waals surface area (Å²) in [6.45, 7) is 4.23. The van der Waals surface area contributed by atoms with E-state index in [2.05, 4.69) is 29.5 Å². The minimum Gasteiger partial charge on any atom is -0.481 e. The number of methoxy groups -OCH3 is 3.